The predicted molar refractivity (Wildman–Crippen MR) is 62.2 cm³/mol. The molecule has 1 aliphatic rings. The summed E-state index contributed by atoms with van der Waals surface area (Å²) >= 11 is 0. The number of nitrogens with one attached hydrogen (secondary N) is 1. The summed E-state index contributed by atoms with van der Waals surface area (Å²) in [4.78, 5) is 11.4. The molecule has 0 aromatic carbocycles. The van der Waals surface area contributed by atoms with E-state index >= 15 is 0 Å². The molecule has 0 saturated heterocycles. The molecule has 1 rings (SSSR count). The van der Waals surface area contributed by atoms with Gasteiger partial charge in [-0.2, -0.15) is 0 Å². The van der Waals surface area contributed by atoms with Gasteiger partial charge in [-0.15, -0.1) is 12.4 Å². The molecule has 1 aliphatic carbocycles. The smallest absolute Gasteiger partial charge is 0.407 e. The van der Waals surface area contributed by atoms with Crippen LogP contribution >= 0.6 is 12.4 Å². The third-order valence-corrected chi connectivity index (χ3v) is 2.00. The number of nitrogens with two attached hydrogens (primary N) is 1. The summed E-state index contributed by atoms with van der Waals surface area (Å²) in [7, 11) is 0. The second-order valence-corrected chi connectivity index (χ2v) is 4.73. The van der Waals surface area contributed by atoms with E-state index in [1.807, 2.05) is 0 Å². The van der Waals surface area contributed by atoms with Gasteiger partial charge < -0.3 is 15.8 Å². The summed E-state index contributed by atoms with van der Waals surface area (Å²) in [6.07, 6.45) is 1.32. The SMILES string of the molecule is Cl.[2H][C@@]1(NC(=O)OC(C)(C)C)CC[C@@H](N)C1. The Morgan fingerprint density at radius 2 is 2.13 bits per heavy atom. The van der Waals surface area contributed by atoms with Crippen molar-refractivity contribution in [2.24, 2.45) is 5.73 Å². The average Bonchev–Trinajstić information content (AvgIpc) is 2.25. The molecule has 90 valence electrons. The maximum absolute atomic E-state index is 11.4. The lowest BCUT2D eigenvalue weighted by atomic mass is 10.2. The molecular formula is C10H21ClN2O2. The Kier molecular flexibility index (Phi) is 4.67. The maximum Gasteiger partial charge on any atom is 0.407 e. The Labute approximate surface area is 98.7 Å². The van der Waals surface area contributed by atoms with E-state index in [9.17, 15) is 4.79 Å². The van der Waals surface area contributed by atoms with E-state index in [0.717, 1.165) is 6.42 Å². The van der Waals surface area contributed by atoms with Crippen LogP contribution in [0.25, 0.3) is 0 Å². The highest BCUT2D eigenvalue weighted by molar-refractivity contribution is 5.85. The molecule has 4 nitrogen and oxygen atoms in total. The number of carbonyl (C=O) groups is 1. The first-order valence-corrected chi connectivity index (χ1v) is 4.97. The topological polar surface area (TPSA) is 64.3 Å². The van der Waals surface area contributed by atoms with Gasteiger partial charge >= 0.3 is 6.09 Å². The zero-order valence-corrected chi connectivity index (χ0v) is 10.3. The number of hydrogen-bond donors (Lipinski definition) is 2. The van der Waals surface area contributed by atoms with Crippen molar-refractivity contribution in [2.75, 3.05) is 0 Å². The third-order valence-electron chi connectivity index (χ3n) is 2.00. The number of carbonyl (C=O) groups excluding carboxylic acids is 1. The van der Waals surface area contributed by atoms with Crippen LogP contribution in [0.4, 0.5) is 4.79 Å². The van der Waals surface area contributed by atoms with Crippen LogP contribution < -0.4 is 11.1 Å². The molecule has 3 N–H and O–H groups in total. The van der Waals surface area contributed by atoms with Gasteiger partial charge in [0.05, 0.1) is 1.37 Å². The molecule has 0 aliphatic heterocycles. The molecule has 0 heterocycles. The van der Waals surface area contributed by atoms with Gasteiger partial charge in [-0.3, -0.25) is 0 Å². The van der Waals surface area contributed by atoms with E-state index in [2.05, 4.69) is 5.32 Å². The van der Waals surface area contributed by atoms with Gasteiger partial charge in [-0.25, -0.2) is 4.79 Å². The minimum atomic E-state index is -0.943. The van der Waals surface area contributed by atoms with Gasteiger partial charge in [-0.1, -0.05) is 0 Å². The molecular weight excluding hydrogens is 216 g/mol. The minimum Gasteiger partial charge on any atom is -0.444 e. The number of amides is 1. The van der Waals surface area contributed by atoms with E-state index in [1.54, 1.807) is 20.8 Å². The molecule has 0 unspecified atom stereocenters. The van der Waals surface area contributed by atoms with Crippen LogP contribution in [0.1, 0.15) is 41.4 Å². The van der Waals surface area contributed by atoms with Gasteiger partial charge in [0.2, 0.25) is 0 Å². The van der Waals surface area contributed by atoms with Gasteiger partial charge in [0, 0.05) is 12.1 Å². The number of rotatable bonds is 1. The first kappa shape index (κ1) is 12.6. The molecule has 15 heavy (non-hydrogen) atoms. The van der Waals surface area contributed by atoms with Crippen molar-refractivity contribution >= 4 is 18.5 Å². The van der Waals surface area contributed by atoms with E-state index in [0.29, 0.717) is 12.8 Å². The van der Waals surface area contributed by atoms with Crippen LogP contribution in [0, 0.1) is 0 Å². The second kappa shape index (κ2) is 5.56. The maximum atomic E-state index is 11.4. The molecule has 5 heteroatoms. The lowest BCUT2D eigenvalue weighted by Crippen LogP contribution is -2.38. The van der Waals surface area contributed by atoms with Crippen LogP contribution in [0.3, 0.4) is 0 Å². The molecule has 2 atom stereocenters. The number of halogens is 1. The zero-order valence-electron chi connectivity index (χ0n) is 10.5. The van der Waals surface area contributed by atoms with Crippen LogP contribution in [-0.4, -0.2) is 23.8 Å². The van der Waals surface area contributed by atoms with Crippen LogP contribution in [0.15, 0.2) is 0 Å². The standard InChI is InChI=1S/C10H20N2O2.ClH/c1-10(2,3)14-9(13)12-8-5-4-7(11)6-8;/h7-8H,4-6,11H2,1-3H3,(H,12,13);1H/t7-,8-;/m1./s1/i8D;. The van der Waals surface area contributed by atoms with Crippen LogP contribution in [0.2, 0.25) is 0 Å². The Bertz CT molecular complexity index is 258. The van der Waals surface area contributed by atoms with Crippen molar-refractivity contribution in [3.63, 3.8) is 0 Å². The quantitative estimate of drug-likeness (QED) is 0.731. The summed E-state index contributed by atoms with van der Waals surface area (Å²) in [6.45, 7) is 5.39. The normalized spacial score (nSPS) is 31.5. The first-order chi connectivity index (χ1) is 6.70. The monoisotopic (exact) mass is 237 g/mol. The van der Waals surface area contributed by atoms with E-state index in [1.165, 1.54) is 0 Å². The number of alkyl carbamates (subject to hydrolysis) is 1. The van der Waals surface area contributed by atoms with E-state index < -0.39 is 17.7 Å². The van der Waals surface area contributed by atoms with Crippen molar-refractivity contribution in [1.82, 2.24) is 5.32 Å². The van der Waals surface area contributed by atoms with Crippen LogP contribution in [-0.2, 0) is 4.74 Å². The summed E-state index contributed by atoms with van der Waals surface area (Å²) in [5, 5.41) is 2.57. The Morgan fingerprint density at radius 1 is 1.53 bits per heavy atom. The van der Waals surface area contributed by atoms with Gasteiger partial charge in [0.25, 0.3) is 0 Å². The number of ether oxygens (including phenoxy) is 1. The zero-order chi connectivity index (χ0) is 11.7. The molecule has 0 aromatic rings. The summed E-state index contributed by atoms with van der Waals surface area (Å²) in [5.74, 6) is 0. The first-order valence-electron chi connectivity index (χ1n) is 5.47. The Hall–Kier alpha value is -0.480. The van der Waals surface area contributed by atoms with Crippen molar-refractivity contribution < 1.29 is 10.9 Å². The third kappa shape index (κ3) is 5.85. The highest BCUT2D eigenvalue weighted by Gasteiger charge is 2.25. The van der Waals surface area contributed by atoms with Crippen molar-refractivity contribution in [1.29, 1.82) is 0 Å². The predicted octanol–water partition coefficient (Wildman–Crippen LogP) is 1.81. The summed E-state index contributed by atoms with van der Waals surface area (Å²) < 4.78 is 13.0. The molecule has 0 spiro atoms. The van der Waals surface area contributed by atoms with Crippen molar-refractivity contribution in [3.8, 4) is 0 Å². The fourth-order valence-corrected chi connectivity index (χ4v) is 1.44. The van der Waals surface area contributed by atoms with Crippen molar-refractivity contribution in [2.45, 2.75) is 57.7 Å². The summed E-state index contributed by atoms with van der Waals surface area (Å²) in [5.41, 5.74) is 5.17. The highest BCUT2D eigenvalue weighted by atomic mass is 35.5. The Morgan fingerprint density at radius 3 is 2.53 bits per heavy atom. The number of hydrogen-bond acceptors (Lipinski definition) is 3. The highest BCUT2D eigenvalue weighted by Crippen LogP contribution is 2.17. The molecule has 1 saturated carbocycles. The largest absolute Gasteiger partial charge is 0.444 e. The van der Waals surface area contributed by atoms with Crippen LogP contribution in [0.5, 0.6) is 0 Å². The molecule has 0 aromatic heterocycles. The van der Waals surface area contributed by atoms with Gasteiger partial charge in [0.15, 0.2) is 0 Å². The lowest BCUT2D eigenvalue weighted by Gasteiger charge is -2.21. The fourth-order valence-electron chi connectivity index (χ4n) is 1.44. The van der Waals surface area contributed by atoms with E-state index in [4.69, 9.17) is 11.8 Å². The average molecular weight is 238 g/mol. The Balaban J connectivity index is 0.00000225. The summed E-state index contributed by atoms with van der Waals surface area (Å²) in [6, 6.07) is -0.931. The molecule has 0 bridgehead atoms. The van der Waals surface area contributed by atoms with Gasteiger partial charge in [0.1, 0.15) is 5.60 Å². The van der Waals surface area contributed by atoms with E-state index in [-0.39, 0.29) is 18.4 Å². The molecule has 1 amide bonds. The fraction of sp³-hybridized carbons (Fsp3) is 0.900. The van der Waals surface area contributed by atoms with Gasteiger partial charge in [-0.05, 0) is 40.0 Å². The molecule has 1 fully saturated rings. The van der Waals surface area contributed by atoms with Crippen molar-refractivity contribution in [3.05, 3.63) is 0 Å². The molecule has 0 radical (unpaired) electrons. The second-order valence-electron chi connectivity index (χ2n) is 4.73. The lowest BCUT2D eigenvalue weighted by molar-refractivity contribution is 0.0505. The minimum absolute atomic E-state index is 0.